The van der Waals surface area contributed by atoms with Gasteiger partial charge in [0.15, 0.2) is 6.71 Å². The van der Waals surface area contributed by atoms with E-state index in [0.29, 0.717) is 12.5 Å². The standard InChI is InChI=1S/C16H17B/c1-13(14-7-3-2-4-8-14)17-12-11-15-9-5-6-10-16(15)17/h2-10,13H,11-12H2,1H3. The molecule has 0 nitrogen and oxygen atoms in total. The predicted molar refractivity (Wildman–Crippen MR) is 75.2 cm³/mol. The van der Waals surface area contributed by atoms with E-state index in [1.165, 1.54) is 18.3 Å². The van der Waals surface area contributed by atoms with Crippen molar-refractivity contribution in [2.24, 2.45) is 0 Å². The Morgan fingerprint density at radius 3 is 2.47 bits per heavy atom. The van der Waals surface area contributed by atoms with Gasteiger partial charge in [-0.2, -0.15) is 0 Å². The Hall–Kier alpha value is -1.50. The van der Waals surface area contributed by atoms with Gasteiger partial charge < -0.3 is 0 Å². The van der Waals surface area contributed by atoms with Crippen LogP contribution in [0.25, 0.3) is 0 Å². The van der Waals surface area contributed by atoms with Gasteiger partial charge in [-0.05, 0) is 12.2 Å². The van der Waals surface area contributed by atoms with E-state index in [0.717, 1.165) is 0 Å². The maximum atomic E-state index is 2.36. The van der Waals surface area contributed by atoms with E-state index in [9.17, 15) is 0 Å². The molecule has 0 spiro atoms. The summed E-state index contributed by atoms with van der Waals surface area (Å²) in [6, 6.07) is 19.8. The lowest BCUT2D eigenvalue weighted by atomic mass is 9.37. The fourth-order valence-corrected chi connectivity index (χ4v) is 3.10. The summed E-state index contributed by atoms with van der Waals surface area (Å²) in [6.45, 7) is 3.07. The average molecular weight is 220 g/mol. The van der Waals surface area contributed by atoms with Gasteiger partial charge in [0.1, 0.15) is 0 Å². The van der Waals surface area contributed by atoms with E-state index >= 15 is 0 Å². The summed E-state index contributed by atoms with van der Waals surface area (Å²) in [7, 11) is 0. The molecule has 0 bridgehead atoms. The quantitative estimate of drug-likeness (QED) is 0.681. The number of hydrogen-bond donors (Lipinski definition) is 0. The molecule has 0 saturated carbocycles. The Morgan fingerprint density at radius 2 is 1.65 bits per heavy atom. The maximum Gasteiger partial charge on any atom is 0.183 e. The van der Waals surface area contributed by atoms with Gasteiger partial charge in [-0.3, -0.25) is 0 Å². The molecule has 0 aromatic heterocycles. The molecule has 17 heavy (non-hydrogen) atoms. The number of aryl methyl sites for hydroxylation is 1. The fourth-order valence-electron chi connectivity index (χ4n) is 3.10. The summed E-state index contributed by atoms with van der Waals surface area (Å²) in [4.78, 5) is 0. The van der Waals surface area contributed by atoms with Crippen molar-refractivity contribution >= 4 is 12.2 Å². The Labute approximate surface area is 104 Å². The van der Waals surface area contributed by atoms with Gasteiger partial charge in [-0.1, -0.05) is 84.4 Å². The van der Waals surface area contributed by atoms with Crippen LogP contribution in [0.5, 0.6) is 0 Å². The highest BCUT2D eigenvalue weighted by molar-refractivity contribution is 6.76. The molecule has 2 aromatic rings. The summed E-state index contributed by atoms with van der Waals surface area (Å²) in [6.07, 6.45) is 2.55. The molecule has 1 unspecified atom stereocenters. The zero-order chi connectivity index (χ0) is 11.7. The second-order valence-corrected chi connectivity index (χ2v) is 5.04. The molecule has 1 atom stereocenters. The molecule has 0 amide bonds. The second-order valence-electron chi connectivity index (χ2n) is 5.04. The SMILES string of the molecule is CC(B1CCc2ccccc21)c1ccccc1. The zero-order valence-corrected chi connectivity index (χ0v) is 10.3. The molecule has 1 heterocycles. The van der Waals surface area contributed by atoms with Crippen molar-refractivity contribution in [3.8, 4) is 0 Å². The summed E-state index contributed by atoms with van der Waals surface area (Å²) in [5.74, 6) is 0.625. The zero-order valence-electron chi connectivity index (χ0n) is 10.3. The van der Waals surface area contributed by atoms with Crippen molar-refractivity contribution in [2.45, 2.75) is 25.5 Å². The van der Waals surface area contributed by atoms with Gasteiger partial charge in [0.05, 0.1) is 0 Å². The summed E-state index contributed by atoms with van der Waals surface area (Å²) in [5, 5.41) is 0. The van der Waals surface area contributed by atoms with Crippen LogP contribution in [0, 0.1) is 0 Å². The van der Waals surface area contributed by atoms with Crippen molar-refractivity contribution in [1.29, 1.82) is 0 Å². The molecule has 1 heteroatoms. The monoisotopic (exact) mass is 220 g/mol. The molecule has 84 valence electrons. The van der Waals surface area contributed by atoms with Crippen LogP contribution in [0.2, 0.25) is 6.32 Å². The van der Waals surface area contributed by atoms with Crippen LogP contribution >= 0.6 is 0 Å². The highest BCUT2D eigenvalue weighted by Gasteiger charge is 2.30. The lowest BCUT2D eigenvalue weighted by Crippen LogP contribution is -2.32. The third-order valence-corrected chi connectivity index (χ3v) is 4.11. The van der Waals surface area contributed by atoms with E-state index in [4.69, 9.17) is 0 Å². The smallest absolute Gasteiger partial charge is 0.0763 e. The number of rotatable bonds is 2. The van der Waals surface area contributed by atoms with Gasteiger partial charge >= 0.3 is 0 Å². The van der Waals surface area contributed by atoms with Crippen LogP contribution in [0.3, 0.4) is 0 Å². The van der Waals surface area contributed by atoms with E-state index in [2.05, 4.69) is 61.5 Å². The first-order valence-electron chi connectivity index (χ1n) is 6.49. The lowest BCUT2D eigenvalue weighted by molar-refractivity contribution is 1.03. The van der Waals surface area contributed by atoms with E-state index in [1.54, 1.807) is 11.0 Å². The third kappa shape index (κ3) is 1.91. The molecule has 0 aliphatic carbocycles. The fraction of sp³-hybridized carbons (Fsp3) is 0.250. The highest BCUT2D eigenvalue weighted by atomic mass is 14.1. The van der Waals surface area contributed by atoms with Gasteiger partial charge in [0.2, 0.25) is 0 Å². The van der Waals surface area contributed by atoms with Crippen molar-refractivity contribution in [2.75, 3.05) is 0 Å². The largest absolute Gasteiger partial charge is 0.183 e. The van der Waals surface area contributed by atoms with Crippen LogP contribution in [0.15, 0.2) is 54.6 Å². The molecule has 0 saturated heterocycles. The van der Waals surface area contributed by atoms with Gasteiger partial charge in [0.25, 0.3) is 0 Å². The minimum absolute atomic E-state index is 0.625. The molecule has 0 fully saturated rings. The maximum absolute atomic E-state index is 2.36. The Morgan fingerprint density at radius 1 is 0.941 bits per heavy atom. The van der Waals surface area contributed by atoms with Crippen LogP contribution < -0.4 is 5.46 Å². The molecular weight excluding hydrogens is 203 g/mol. The third-order valence-electron chi connectivity index (χ3n) is 4.11. The van der Waals surface area contributed by atoms with Crippen molar-refractivity contribution in [3.05, 3.63) is 65.7 Å². The Kier molecular flexibility index (Phi) is 2.76. The normalized spacial score (nSPS) is 15.7. The molecule has 2 aromatic carbocycles. The highest BCUT2D eigenvalue weighted by Crippen LogP contribution is 2.26. The second kappa shape index (κ2) is 4.41. The first-order valence-corrected chi connectivity index (χ1v) is 6.49. The number of hydrogen-bond acceptors (Lipinski definition) is 0. The van der Waals surface area contributed by atoms with Gasteiger partial charge in [-0.25, -0.2) is 0 Å². The van der Waals surface area contributed by atoms with Crippen molar-refractivity contribution in [1.82, 2.24) is 0 Å². The number of benzene rings is 2. The minimum atomic E-state index is 0.625. The summed E-state index contributed by atoms with van der Waals surface area (Å²) >= 11 is 0. The first-order chi connectivity index (χ1) is 8.36. The lowest BCUT2D eigenvalue weighted by Gasteiger charge is -2.17. The summed E-state index contributed by atoms with van der Waals surface area (Å²) in [5.41, 5.74) is 4.60. The van der Waals surface area contributed by atoms with Crippen molar-refractivity contribution < 1.29 is 0 Å². The van der Waals surface area contributed by atoms with Crippen molar-refractivity contribution in [3.63, 3.8) is 0 Å². The number of fused-ring (bicyclic) bond motifs is 1. The van der Waals surface area contributed by atoms with E-state index < -0.39 is 0 Å². The minimum Gasteiger partial charge on any atom is -0.0763 e. The topological polar surface area (TPSA) is 0 Å². The molecule has 0 N–H and O–H groups in total. The summed E-state index contributed by atoms with van der Waals surface area (Å²) < 4.78 is 0. The average Bonchev–Trinajstić information content (AvgIpc) is 2.83. The van der Waals surface area contributed by atoms with Crippen LogP contribution in [0.4, 0.5) is 0 Å². The van der Waals surface area contributed by atoms with Gasteiger partial charge in [-0.15, -0.1) is 0 Å². The molecule has 1 aliphatic heterocycles. The predicted octanol–water partition coefficient (Wildman–Crippen LogP) is 3.29. The van der Waals surface area contributed by atoms with E-state index in [-0.39, 0.29) is 0 Å². The Balaban J connectivity index is 1.92. The van der Waals surface area contributed by atoms with Crippen LogP contribution in [-0.4, -0.2) is 6.71 Å². The molecule has 1 aliphatic rings. The van der Waals surface area contributed by atoms with Crippen LogP contribution in [0.1, 0.15) is 23.9 Å². The van der Waals surface area contributed by atoms with E-state index in [1.807, 2.05) is 0 Å². The van der Waals surface area contributed by atoms with Gasteiger partial charge in [0, 0.05) is 0 Å². The molecular formula is C16H17B. The van der Waals surface area contributed by atoms with Crippen LogP contribution in [-0.2, 0) is 6.42 Å². The molecule has 3 rings (SSSR count). The first kappa shape index (κ1) is 10.6. The Bertz CT molecular complexity index is 504. The molecule has 0 radical (unpaired) electrons.